The summed E-state index contributed by atoms with van der Waals surface area (Å²) < 4.78 is 27.3. The fraction of sp³-hybridized carbons (Fsp3) is 0.294. The number of rotatable bonds is 7. The van der Waals surface area contributed by atoms with E-state index in [9.17, 15) is 13.2 Å². The van der Waals surface area contributed by atoms with Crippen LogP contribution in [0.1, 0.15) is 36.3 Å². The average Bonchev–Trinajstić information content (AvgIpc) is 2.61. The predicted molar refractivity (Wildman–Crippen MR) is 91.9 cm³/mol. The monoisotopic (exact) mass is 347 g/mol. The summed E-state index contributed by atoms with van der Waals surface area (Å²) in [6.07, 6.45) is 2.40. The molecule has 7 heteroatoms. The van der Waals surface area contributed by atoms with E-state index in [1.807, 2.05) is 13.8 Å². The quantitative estimate of drug-likeness (QED) is 0.803. The van der Waals surface area contributed by atoms with Crippen molar-refractivity contribution < 1.29 is 13.2 Å². The molecule has 1 aromatic heterocycles. The lowest BCUT2D eigenvalue weighted by Gasteiger charge is -2.12. The normalized spacial score (nSPS) is 12.6. The zero-order valence-corrected chi connectivity index (χ0v) is 14.5. The van der Waals surface area contributed by atoms with Crippen LogP contribution in [0.2, 0.25) is 0 Å². The molecule has 1 amide bonds. The minimum atomic E-state index is -3.72. The van der Waals surface area contributed by atoms with Gasteiger partial charge in [0.1, 0.15) is 0 Å². The van der Waals surface area contributed by atoms with Crippen molar-refractivity contribution in [3.63, 3.8) is 0 Å². The molecule has 0 aliphatic heterocycles. The fourth-order valence-electron chi connectivity index (χ4n) is 1.97. The molecule has 2 rings (SSSR count). The van der Waals surface area contributed by atoms with Gasteiger partial charge in [-0.05, 0) is 43.7 Å². The van der Waals surface area contributed by atoms with Crippen LogP contribution in [0.3, 0.4) is 0 Å². The molecule has 0 aliphatic rings. The lowest BCUT2D eigenvalue weighted by molar-refractivity contribution is 0.0939. The summed E-state index contributed by atoms with van der Waals surface area (Å²) in [5, 5.41) is 2.82. The first-order chi connectivity index (χ1) is 11.4. The Bertz CT molecular complexity index is 792. The molecule has 0 saturated carbocycles. The highest BCUT2D eigenvalue weighted by Crippen LogP contribution is 2.12. The Hall–Kier alpha value is -2.25. The van der Waals surface area contributed by atoms with E-state index < -0.39 is 10.0 Å². The molecule has 2 N–H and O–H groups in total. The van der Waals surface area contributed by atoms with Crippen molar-refractivity contribution in [2.45, 2.75) is 37.8 Å². The number of hydrogen-bond donors (Lipinski definition) is 2. The van der Waals surface area contributed by atoms with E-state index in [1.54, 1.807) is 36.5 Å². The van der Waals surface area contributed by atoms with E-state index >= 15 is 0 Å². The van der Waals surface area contributed by atoms with Crippen LogP contribution in [-0.2, 0) is 16.6 Å². The average molecular weight is 347 g/mol. The Morgan fingerprint density at radius 1 is 1.21 bits per heavy atom. The van der Waals surface area contributed by atoms with Crippen molar-refractivity contribution in [1.82, 2.24) is 15.0 Å². The topological polar surface area (TPSA) is 88.2 Å². The minimum absolute atomic E-state index is 0.0278. The molecule has 0 radical (unpaired) electrons. The van der Waals surface area contributed by atoms with Gasteiger partial charge < -0.3 is 5.32 Å². The molecule has 2 aromatic rings. The summed E-state index contributed by atoms with van der Waals surface area (Å²) in [5.74, 6) is -0.286. The maximum atomic E-state index is 12.4. The first-order valence-corrected chi connectivity index (χ1v) is 9.21. The summed E-state index contributed by atoms with van der Waals surface area (Å²) >= 11 is 0. The molecule has 0 saturated heterocycles. The van der Waals surface area contributed by atoms with Crippen molar-refractivity contribution in [2.75, 3.05) is 0 Å². The molecule has 0 fully saturated rings. The molecule has 6 nitrogen and oxygen atoms in total. The molecule has 1 heterocycles. The number of amides is 1. The van der Waals surface area contributed by atoms with Crippen LogP contribution < -0.4 is 10.0 Å². The Kier molecular flexibility index (Phi) is 6.05. The maximum Gasteiger partial charge on any atom is 0.251 e. The second-order valence-corrected chi connectivity index (χ2v) is 7.22. The van der Waals surface area contributed by atoms with Gasteiger partial charge >= 0.3 is 0 Å². The molecule has 24 heavy (non-hydrogen) atoms. The first-order valence-electron chi connectivity index (χ1n) is 7.73. The van der Waals surface area contributed by atoms with Crippen LogP contribution >= 0.6 is 0 Å². The molecule has 1 aromatic carbocycles. The van der Waals surface area contributed by atoms with Crippen molar-refractivity contribution in [3.8, 4) is 0 Å². The van der Waals surface area contributed by atoms with E-state index in [1.165, 1.54) is 12.1 Å². The van der Waals surface area contributed by atoms with E-state index in [2.05, 4.69) is 15.0 Å². The number of aromatic nitrogens is 1. The third-order valence-corrected chi connectivity index (χ3v) is 4.96. The molecular weight excluding hydrogens is 326 g/mol. The van der Waals surface area contributed by atoms with Gasteiger partial charge in [0.2, 0.25) is 10.0 Å². The third-order valence-electron chi connectivity index (χ3n) is 3.57. The Morgan fingerprint density at radius 3 is 2.67 bits per heavy atom. The number of nitrogens with one attached hydrogen (secondary N) is 2. The second kappa shape index (κ2) is 8.03. The SMILES string of the molecule is CCC(C)NC(=O)c1cccc(S(=O)(=O)NCc2ccccn2)c1. The van der Waals surface area contributed by atoms with Gasteiger partial charge in [-0.25, -0.2) is 13.1 Å². The van der Waals surface area contributed by atoms with Gasteiger partial charge in [-0.2, -0.15) is 0 Å². The molecule has 1 atom stereocenters. The lowest BCUT2D eigenvalue weighted by atomic mass is 10.2. The van der Waals surface area contributed by atoms with E-state index in [0.29, 0.717) is 11.3 Å². The molecule has 0 bridgehead atoms. The van der Waals surface area contributed by atoms with Crippen molar-refractivity contribution in [2.24, 2.45) is 0 Å². The van der Waals surface area contributed by atoms with Gasteiger partial charge in [0.15, 0.2) is 0 Å². The highest BCUT2D eigenvalue weighted by atomic mass is 32.2. The standard InChI is InChI=1S/C17H21N3O3S/c1-3-13(2)20-17(21)14-7-6-9-16(11-14)24(22,23)19-12-15-8-4-5-10-18-15/h4-11,13,19H,3,12H2,1-2H3,(H,20,21). The largest absolute Gasteiger partial charge is 0.350 e. The minimum Gasteiger partial charge on any atom is -0.350 e. The number of hydrogen-bond acceptors (Lipinski definition) is 4. The molecule has 0 spiro atoms. The smallest absolute Gasteiger partial charge is 0.251 e. The van der Waals surface area contributed by atoms with Crippen LogP contribution in [-0.4, -0.2) is 25.4 Å². The Morgan fingerprint density at radius 2 is 2.00 bits per heavy atom. The summed E-state index contributed by atoms with van der Waals surface area (Å²) in [6, 6.07) is 11.3. The maximum absolute atomic E-state index is 12.4. The second-order valence-electron chi connectivity index (χ2n) is 5.46. The summed E-state index contributed by atoms with van der Waals surface area (Å²) in [6.45, 7) is 3.95. The number of carbonyl (C=O) groups is 1. The Balaban J connectivity index is 2.13. The van der Waals surface area contributed by atoms with Gasteiger partial charge in [0.05, 0.1) is 17.1 Å². The van der Waals surface area contributed by atoms with E-state index in [-0.39, 0.29) is 23.4 Å². The van der Waals surface area contributed by atoms with Crippen LogP contribution in [0.25, 0.3) is 0 Å². The highest BCUT2D eigenvalue weighted by Gasteiger charge is 2.17. The highest BCUT2D eigenvalue weighted by molar-refractivity contribution is 7.89. The number of pyridine rings is 1. The number of nitrogens with zero attached hydrogens (tertiary/aromatic N) is 1. The molecular formula is C17H21N3O3S. The fourth-order valence-corrected chi connectivity index (χ4v) is 3.01. The van der Waals surface area contributed by atoms with E-state index in [4.69, 9.17) is 0 Å². The lowest BCUT2D eigenvalue weighted by Crippen LogP contribution is -2.32. The van der Waals surface area contributed by atoms with Crippen molar-refractivity contribution in [3.05, 3.63) is 59.9 Å². The number of sulfonamides is 1. The van der Waals surface area contributed by atoms with E-state index in [0.717, 1.165) is 6.42 Å². The van der Waals surface area contributed by atoms with Gasteiger partial charge in [-0.15, -0.1) is 0 Å². The predicted octanol–water partition coefficient (Wildman–Crippen LogP) is 2.09. The summed E-state index contributed by atoms with van der Waals surface area (Å²) in [4.78, 5) is 16.3. The van der Waals surface area contributed by atoms with Gasteiger partial charge in [-0.3, -0.25) is 9.78 Å². The van der Waals surface area contributed by atoms with Crippen LogP contribution in [0, 0.1) is 0 Å². The van der Waals surface area contributed by atoms with Gasteiger partial charge in [0, 0.05) is 17.8 Å². The van der Waals surface area contributed by atoms with Crippen LogP contribution in [0.5, 0.6) is 0 Å². The van der Waals surface area contributed by atoms with Crippen molar-refractivity contribution >= 4 is 15.9 Å². The van der Waals surface area contributed by atoms with Gasteiger partial charge in [0.25, 0.3) is 5.91 Å². The van der Waals surface area contributed by atoms with Crippen LogP contribution in [0.15, 0.2) is 53.6 Å². The zero-order valence-electron chi connectivity index (χ0n) is 13.7. The van der Waals surface area contributed by atoms with Crippen molar-refractivity contribution in [1.29, 1.82) is 0 Å². The van der Waals surface area contributed by atoms with Crippen LogP contribution in [0.4, 0.5) is 0 Å². The third kappa shape index (κ3) is 4.87. The molecule has 128 valence electrons. The first kappa shape index (κ1) is 18.1. The molecule has 0 aliphatic carbocycles. The zero-order chi connectivity index (χ0) is 17.6. The number of benzene rings is 1. The summed E-state index contributed by atoms with van der Waals surface area (Å²) in [5.41, 5.74) is 0.933. The number of carbonyl (C=O) groups excluding carboxylic acids is 1. The van der Waals surface area contributed by atoms with Gasteiger partial charge in [-0.1, -0.05) is 19.1 Å². The summed E-state index contributed by atoms with van der Waals surface area (Å²) in [7, 11) is -3.72. The Labute approximate surface area is 142 Å². The molecule has 1 unspecified atom stereocenters.